The molecule has 1 N–H and O–H groups in total. The van der Waals surface area contributed by atoms with E-state index in [1.165, 1.54) is 0 Å². The number of carbonyl (C=O) groups excluding carboxylic acids is 1. The van der Waals surface area contributed by atoms with Crippen molar-refractivity contribution in [3.8, 4) is 0 Å². The highest BCUT2D eigenvalue weighted by Crippen LogP contribution is 2.19. The molecule has 0 saturated heterocycles. The predicted octanol–water partition coefficient (Wildman–Crippen LogP) is 2.77. The molecular weight excluding hydrogens is 320 g/mol. The zero-order chi connectivity index (χ0) is 14.7. The van der Waals surface area contributed by atoms with Crippen LogP contribution < -0.4 is 5.32 Å². The van der Waals surface area contributed by atoms with Crippen molar-refractivity contribution in [2.24, 2.45) is 0 Å². The lowest BCUT2D eigenvalue weighted by atomic mass is 10.3. The van der Waals surface area contributed by atoms with Gasteiger partial charge in [-0.3, -0.25) is 9.48 Å². The van der Waals surface area contributed by atoms with Crippen LogP contribution in [0.5, 0.6) is 0 Å². The monoisotopic (exact) mass is 338 g/mol. The van der Waals surface area contributed by atoms with E-state index in [1.807, 2.05) is 40.8 Å². The molecule has 0 radical (unpaired) electrons. The van der Waals surface area contributed by atoms with E-state index in [2.05, 4.69) is 40.2 Å². The number of aromatic nitrogens is 3. The lowest BCUT2D eigenvalue weighted by Gasteiger charge is -2.12. The van der Waals surface area contributed by atoms with Gasteiger partial charge in [0.1, 0.15) is 5.69 Å². The Labute approximate surface area is 127 Å². The second-order valence-corrected chi connectivity index (χ2v) is 6.00. The molecule has 108 valence electrons. The lowest BCUT2D eigenvalue weighted by Crippen LogP contribution is -2.29. The van der Waals surface area contributed by atoms with Crippen LogP contribution in [0.15, 0.2) is 29.1 Å². The van der Waals surface area contributed by atoms with Crippen molar-refractivity contribution >= 4 is 21.8 Å². The third-order valence-corrected chi connectivity index (χ3v) is 3.43. The summed E-state index contributed by atoms with van der Waals surface area (Å²) in [5, 5.41) is 7.11. The van der Waals surface area contributed by atoms with E-state index in [1.54, 1.807) is 0 Å². The smallest absolute Gasteiger partial charge is 0.268 e. The highest BCUT2D eigenvalue weighted by molar-refractivity contribution is 9.10. The highest BCUT2D eigenvalue weighted by Gasteiger charge is 2.14. The van der Waals surface area contributed by atoms with Crippen molar-refractivity contribution in [3.05, 3.63) is 40.4 Å². The number of nitrogens with one attached hydrogen (secondary N) is 1. The molecule has 2 heterocycles. The van der Waals surface area contributed by atoms with Crippen LogP contribution in [0.4, 0.5) is 0 Å². The fraction of sp³-hybridized carbons (Fsp3) is 0.429. The molecule has 2 aromatic heterocycles. The van der Waals surface area contributed by atoms with Gasteiger partial charge in [-0.15, -0.1) is 0 Å². The first kappa shape index (κ1) is 14.8. The van der Waals surface area contributed by atoms with Crippen LogP contribution in [0.25, 0.3) is 0 Å². The average Bonchev–Trinajstić information content (AvgIpc) is 2.95. The second kappa shape index (κ2) is 6.26. The molecule has 0 bridgehead atoms. The number of hydrogen-bond donors (Lipinski definition) is 1. The topological polar surface area (TPSA) is 51.9 Å². The van der Waals surface area contributed by atoms with E-state index in [9.17, 15) is 4.79 Å². The van der Waals surface area contributed by atoms with Crippen LogP contribution in [0.2, 0.25) is 0 Å². The Kier molecular flexibility index (Phi) is 4.65. The molecule has 0 aliphatic heterocycles. The van der Waals surface area contributed by atoms with E-state index in [4.69, 9.17) is 0 Å². The summed E-state index contributed by atoms with van der Waals surface area (Å²) in [7, 11) is 0. The molecular formula is C14H19BrN4O. The number of carbonyl (C=O) groups is 1. The van der Waals surface area contributed by atoms with Gasteiger partial charge in [0, 0.05) is 29.5 Å². The molecule has 6 heteroatoms. The Bertz CT molecular complexity index is 600. The largest absolute Gasteiger partial charge is 0.349 e. The van der Waals surface area contributed by atoms with Crippen LogP contribution in [-0.4, -0.2) is 26.8 Å². The van der Waals surface area contributed by atoms with Crippen molar-refractivity contribution in [1.29, 1.82) is 0 Å². The molecule has 0 unspecified atom stereocenters. The Hall–Kier alpha value is -1.56. The maximum absolute atomic E-state index is 12.2. The molecule has 20 heavy (non-hydrogen) atoms. The second-order valence-electron chi connectivity index (χ2n) is 5.08. The molecule has 0 aliphatic carbocycles. The summed E-state index contributed by atoms with van der Waals surface area (Å²) in [6, 6.07) is 2.09. The van der Waals surface area contributed by atoms with Crippen molar-refractivity contribution in [1.82, 2.24) is 19.7 Å². The van der Waals surface area contributed by atoms with E-state index in [-0.39, 0.29) is 11.9 Å². The molecule has 0 spiro atoms. The third kappa shape index (κ3) is 3.50. The predicted molar refractivity (Wildman–Crippen MR) is 81.8 cm³/mol. The Balaban J connectivity index is 1.95. The van der Waals surface area contributed by atoms with Crippen LogP contribution >= 0.6 is 15.9 Å². The van der Waals surface area contributed by atoms with Crippen molar-refractivity contribution in [2.75, 3.05) is 6.54 Å². The summed E-state index contributed by atoms with van der Waals surface area (Å²) in [4.78, 5) is 12.2. The van der Waals surface area contributed by atoms with Gasteiger partial charge in [-0.1, -0.05) is 0 Å². The van der Waals surface area contributed by atoms with Gasteiger partial charge in [-0.05, 0) is 48.3 Å². The maximum atomic E-state index is 12.2. The number of rotatable bonds is 5. The fourth-order valence-corrected chi connectivity index (χ4v) is 2.46. The van der Waals surface area contributed by atoms with Crippen molar-refractivity contribution in [2.45, 2.75) is 33.4 Å². The van der Waals surface area contributed by atoms with Crippen LogP contribution in [-0.2, 0) is 6.54 Å². The number of nitrogens with zero attached hydrogens (tertiary/aromatic N) is 3. The Morgan fingerprint density at radius 2 is 2.20 bits per heavy atom. The SMILES string of the molecule is Cc1cnn(CCNC(=O)c2cc(Br)cn2C(C)C)c1. The van der Waals surface area contributed by atoms with Gasteiger partial charge >= 0.3 is 0 Å². The minimum Gasteiger partial charge on any atom is -0.349 e. The first-order chi connectivity index (χ1) is 9.47. The van der Waals surface area contributed by atoms with E-state index in [0.717, 1.165) is 10.0 Å². The van der Waals surface area contributed by atoms with Gasteiger partial charge in [-0.2, -0.15) is 5.10 Å². The quantitative estimate of drug-likeness (QED) is 0.911. The number of aryl methyl sites for hydroxylation is 1. The number of amides is 1. The molecule has 0 saturated carbocycles. The summed E-state index contributed by atoms with van der Waals surface area (Å²) >= 11 is 3.41. The third-order valence-electron chi connectivity index (χ3n) is 2.99. The molecule has 5 nitrogen and oxygen atoms in total. The Morgan fingerprint density at radius 3 is 2.80 bits per heavy atom. The van der Waals surface area contributed by atoms with Crippen LogP contribution in [0.3, 0.4) is 0 Å². The highest BCUT2D eigenvalue weighted by atomic mass is 79.9. The minimum absolute atomic E-state index is 0.0618. The fourth-order valence-electron chi connectivity index (χ4n) is 2.02. The normalized spacial score (nSPS) is 11.1. The molecule has 2 aromatic rings. The zero-order valence-corrected chi connectivity index (χ0v) is 13.5. The number of hydrogen-bond acceptors (Lipinski definition) is 2. The van der Waals surface area contributed by atoms with E-state index < -0.39 is 0 Å². The maximum Gasteiger partial charge on any atom is 0.268 e. The summed E-state index contributed by atoms with van der Waals surface area (Å²) < 4.78 is 4.70. The first-order valence-corrected chi connectivity index (χ1v) is 7.41. The van der Waals surface area contributed by atoms with Gasteiger partial charge in [0.05, 0.1) is 12.7 Å². The lowest BCUT2D eigenvalue weighted by molar-refractivity contribution is 0.0941. The van der Waals surface area contributed by atoms with Crippen LogP contribution in [0, 0.1) is 6.92 Å². The van der Waals surface area contributed by atoms with Gasteiger partial charge in [0.2, 0.25) is 0 Å². The van der Waals surface area contributed by atoms with Gasteiger partial charge in [0.25, 0.3) is 5.91 Å². The summed E-state index contributed by atoms with van der Waals surface area (Å²) in [6.07, 6.45) is 5.69. The molecule has 0 aliphatic rings. The minimum atomic E-state index is -0.0618. The molecule has 0 fully saturated rings. The summed E-state index contributed by atoms with van der Waals surface area (Å²) in [5.74, 6) is -0.0618. The molecule has 1 amide bonds. The molecule has 0 atom stereocenters. The standard InChI is InChI=1S/C14H19BrN4O/c1-10(2)19-9-12(15)6-13(19)14(20)16-4-5-18-8-11(3)7-17-18/h6-10H,4-5H2,1-3H3,(H,16,20). The van der Waals surface area contributed by atoms with E-state index >= 15 is 0 Å². The summed E-state index contributed by atoms with van der Waals surface area (Å²) in [5.41, 5.74) is 1.79. The van der Waals surface area contributed by atoms with Crippen LogP contribution in [0.1, 0.15) is 35.9 Å². The first-order valence-electron chi connectivity index (χ1n) is 6.62. The molecule has 2 rings (SSSR count). The number of halogens is 1. The van der Waals surface area contributed by atoms with Gasteiger partial charge in [0.15, 0.2) is 0 Å². The van der Waals surface area contributed by atoms with Crippen molar-refractivity contribution < 1.29 is 4.79 Å². The molecule has 0 aromatic carbocycles. The van der Waals surface area contributed by atoms with E-state index in [0.29, 0.717) is 18.8 Å². The average molecular weight is 339 g/mol. The van der Waals surface area contributed by atoms with Gasteiger partial charge < -0.3 is 9.88 Å². The zero-order valence-electron chi connectivity index (χ0n) is 11.9. The van der Waals surface area contributed by atoms with Gasteiger partial charge in [-0.25, -0.2) is 0 Å². The summed E-state index contributed by atoms with van der Waals surface area (Å²) in [6.45, 7) is 7.32. The Morgan fingerprint density at radius 1 is 1.45 bits per heavy atom. The van der Waals surface area contributed by atoms with Crippen molar-refractivity contribution in [3.63, 3.8) is 0 Å².